The van der Waals surface area contributed by atoms with E-state index in [0.717, 1.165) is 0 Å². The third kappa shape index (κ3) is 3.66. The van der Waals surface area contributed by atoms with Crippen LogP contribution in [0.2, 0.25) is 5.02 Å². The summed E-state index contributed by atoms with van der Waals surface area (Å²) in [6, 6.07) is 4.29. The molecule has 0 radical (unpaired) electrons. The van der Waals surface area contributed by atoms with Crippen LogP contribution in [0.5, 0.6) is 5.75 Å². The van der Waals surface area contributed by atoms with E-state index in [-0.39, 0.29) is 18.2 Å². The number of rotatable bonds is 3. The smallest absolute Gasteiger partial charge is 0.298 e. The molecule has 2 N–H and O–H groups in total. The predicted molar refractivity (Wildman–Crippen MR) is 69.2 cm³/mol. The fourth-order valence-corrected chi connectivity index (χ4v) is 1.67. The molecule has 1 amide bonds. The summed E-state index contributed by atoms with van der Waals surface area (Å²) in [4.78, 5) is 12.7. The second-order valence-corrected chi connectivity index (χ2v) is 4.19. The molecule has 0 aliphatic rings. The van der Waals surface area contributed by atoms with E-state index >= 15 is 0 Å². The molecule has 0 heterocycles. The minimum Gasteiger partial charge on any atom is -0.508 e. The molecule has 0 saturated heterocycles. The van der Waals surface area contributed by atoms with Crippen LogP contribution in [0.4, 0.5) is 0 Å². The van der Waals surface area contributed by atoms with E-state index in [4.69, 9.17) is 11.6 Å². The van der Waals surface area contributed by atoms with Crippen molar-refractivity contribution in [2.24, 2.45) is 0 Å². The number of aliphatic hydroxyl groups is 1. The number of phenolic OH excluding ortho intramolecular Hbond substituents is 1. The van der Waals surface area contributed by atoms with Crippen molar-refractivity contribution in [2.75, 3.05) is 13.6 Å². The summed E-state index contributed by atoms with van der Waals surface area (Å²) in [6.07, 6.45) is -0.975. The van der Waals surface area contributed by atoms with Crippen molar-refractivity contribution >= 4 is 17.5 Å². The van der Waals surface area contributed by atoms with Crippen molar-refractivity contribution in [3.63, 3.8) is 0 Å². The molecule has 0 aliphatic carbocycles. The van der Waals surface area contributed by atoms with Gasteiger partial charge in [0.2, 0.25) is 0 Å². The van der Waals surface area contributed by atoms with Gasteiger partial charge >= 0.3 is 0 Å². The number of halogens is 1. The van der Waals surface area contributed by atoms with Crippen LogP contribution in [0.25, 0.3) is 0 Å². The zero-order valence-electron chi connectivity index (χ0n) is 10.1. The standard InChI is InChI=1S/C13H14ClNO3/c1-3-4-13(18)15(2)8-12(17)10-7-9(16)5-6-11(10)14/h5-7,12,16-17H,8H2,1-2H3. The molecule has 0 fully saturated rings. The summed E-state index contributed by atoms with van der Waals surface area (Å²) in [5.74, 6) is 4.49. The van der Waals surface area contributed by atoms with Crippen molar-refractivity contribution in [1.82, 2.24) is 4.90 Å². The zero-order chi connectivity index (χ0) is 13.7. The lowest BCUT2D eigenvalue weighted by molar-refractivity contribution is -0.125. The molecule has 1 aromatic rings. The Kier molecular flexibility index (Phi) is 5.02. The average Bonchev–Trinajstić information content (AvgIpc) is 2.32. The lowest BCUT2D eigenvalue weighted by atomic mass is 10.1. The molecule has 0 spiro atoms. The lowest BCUT2D eigenvalue weighted by Gasteiger charge is -2.19. The Bertz CT molecular complexity index is 505. The maximum Gasteiger partial charge on any atom is 0.298 e. The normalized spacial score (nSPS) is 11.3. The first-order valence-corrected chi connectivity index (χ1v) is 5.67. The van der Waals surface area contributed by atoms with E-state index in [0.29, 0.717) is 10.6 Å². The molecule has 18 heavy (non-hydrogen) atoms. The molecule has 5 heteroatoms. The van der Waals surface area contributed by atoms with E-state index in [1.54, 1.807) is 6.92 Å². The molecule has 1 rings (SSSR count). The first-order valence-electron chi connectivity index (χ1n) is 5.30. The van der Waals surface area contributed by atoms with Crippen LogP contribution in [0, 0.1) is 11.8 Å². The molecule has 0 aromatic heterocycles. The zero-order valence-corrected chi connectivity index (χ0v) is 10.9. The van der Waals surface area contributed by atoms with E-state index in [2.05, 4.69) is 11.8 Å². The number of likely N-dealkylation sites (N-methyl/N-ethyl adjacent to an activating group) is 1. The molecule has 1 atom stereocenters. The van der Waals surface area contributed by atoms with Crippen molar-refractivity contribution in [2.45, 2.75) is 13.0 Å². The molecular weight excluding hydrogens is 254 g/mol. The van der Waals surface area contributed by atoms with Gasteiger partial charge in [0.25, 0.3) is 5.91 Å². The molecule has 1 unspecified atom stereocenters. The van der Waals surface area contributed by atoms with Crippen LogP contribution in [0.15, 0.2) is 18.2 Å². The monoisotopic (exact) mass is 267 g/mol. The average molecular weight is 268 g/mol. The first-order chi connectivity index (χ1) is 8.45. The third-order valence-electron chi connectivity index (χ3n) is 2.36. The maximum absolute atomic E-state index is 11.4. The van der Waals surface area contributed by atoms with Crippen LogP contribution in [0.1, 0.15) is 18.6 Å². The number of phenols is 1. The Labute approximate surface area is 111 Å². The molecule has 4 nitrogen and oxygen atoms in total. The highest BCUT2D eigenvalue weighted by molar-refractivity contribution is 6.31. The summed E-state index contributed by atoms with van der Waals surface area (Å²) in [7, 11) is 1.53. The number of carbonyl (C=O) groups is 1. The van der Waals surface area contributed by atoms with Crippen molar-refractivity contribution in [1.29, 1.82) is 0 Å². The Morgan fingerprint density at radius 3 is 2.83 bits per heavy atom. The quantitative estimate of drug-likeness (QED) is 0.817. The van der Waals surface area contributed by atoms with Gasteiger partial charge in [-0.2, -0.15) is 0 Å². The van der Waals surface area contributed by atoms with Gasteiger partial charge in [0.05, 0.1) is 12.6 Å². The maximum atomic E-state index is 11.4. The summed E-state index contributed by atoms with van der Waals surface area (Å²) >= 11 is 5.91. The van der Waals surface area contributed by atoms with Gasteiger partial charge < -0.3 is 15.1 Å². The molecule has 0 saturated carbocycles. The van der Waals surface area contributed by atoms with E-state index in [1.165, 1.54) is 30.1 Å². The number of amides is 1. The number of aliphatic hydroxyl groups excluding tert-OH is 1. The number of nitrogens with zero attached hydrogens (tertiary/aromatic N) is 1. The van der Waals surface area contributed by atoms with Gasteiger partial charge in [0, 0.05) is 17.6 Å². The fourth-order valence-electron chi connectivity index (χ4n) is 1.43. The van der Waals surface area contributed by atoms with Gasteiger partial charge in [-0.1, -0.05) is 17.5 Å². The van der Waals surface area contributed by atoms with Crippen LogP contribution >= 0.6 is 11.6 Å². The van der Waals surface area contributed by atoms with Crippen LogP contribution in [0.3, 0.4) is 0 Å². The second-order valence-electron chi connectivity index (χ2n) is 3.78. The number of hydrogen-bond donors (Lipinski definition) is 2. The van der Waals surface area contributed by atoms with E-state index in [9.17, 15) is 15.0 Å². The number of carbonyl (C=O) groups excluding carboxylic acids is 1. The van der Waals surface area contributed by atoms with Crippen LogP contribution in [-0.4, -0.2) is 34.6 Å². The summed E-state index contributed by atoms with van der Waals surface area (Å²) < 4.78 is 0. The highest BCUT2D eigenvalue weighted by atomic mass is 35.5. The number of hydrogen-bond acceptors (Lipinski definition) is 3. The Morgan fingerprint density at radius 2 is 2.22 bits per heavy atom. The fraction of sp³-hybridized carbons (Fsp3) is 0.308. The second kappa shape index (κ2) is 6.29. The lowest BCUT2D eigenvalue weighted by Crippen LogP contribution is -2.30. The molecule has 0 bridgehead atoms. The minimum atomic E-state index is -0.975. The van der Waals surface area contributed by atoms with Gasteiger partial charge in [-0.15, -0.1) is 0 Å². The van der Waals surface area contributed by atoms with Crippen molar-refractivity contribution in [3.8, 4) is 17.6 Å². The van der Waals surface area contributed by atoms with E-state index in [1.807, 2.05) is 0 Å². The van der Waals surface area contributed by atoms with Gasteiger partial charge in [0.1, 0.15) is 5.75 Å². The SMILES string of the molecule is CC#CC(=O)N(C)CC(O)c1cc(O)ccc1Cl. The van der Waals surface area contributed by atoms with Gasteiger partial charge in [-0.05, 0) is 31.0 Å². The number of aromatic hydroxyl groups is 1. The molecule has 0 aliphatic heterocycles. The van der Waals surface area contributed by atoms with Crippen molar-refractivity contribution < 1.29 is 15.0 Å². The van der Waals surface area contributed by atoms with Gasteiger partial charge in [0.15, 0.2) is 0 Å². The molecule has 96 valence electrons. The van der Waals surface area contributed by atoms with Gasteiger partial charge in [-0.25, -0.2) is 0 Å². The van der Waals surface area contributed by atoms with Crippen molar-refractivity contribution in [3.05, 3.63) is 28.8 Å². The highest BCUT2D eigenvalue weighted by Gasteiger charge is 2.16. The third-order valence-corrected chi connectivity index (χ3v) is 2.71. The number of benzene rings is 1. The Balaban J connectivity index is 2.81. The summed E-state index contributed by atoms with van der Waals surface area (Å²) in [5, 5.41) is 19.7. The topological polar surface area (TPSA) is 60.8 Å². The summed E-state index contributed by atoms with van der Waals surface area (Å²) in [6.45, 7) is 1.62. The summed E-state index contributed by atoms with van der Waals surface area (Å²) in [5.41, 5.74) is 0.376. The molecule has 1 aromatic carbocycles. The predicted octanol–water partition coefficient (Wildman–Crippen LogP) is 1.56. The minimum absolute atomic E-state index is 0.00998. The van der Waals surface area contributed by atoms with Crippen LogP contribution < -0.4 is 0 Å². The first kappa shape index (κ1) is 14.4. The molecular formula is C13H14ClNO3. The Morgan fingerprint density at radius 1 is 1.56 bits per heavy atom. The highest BCUT2D eigenvalue weighted by Crippen LogP contribution is 2.27. The van der Waals surface area contributed by atoms with Gasteiger partial charge in [-0.3, -0.25) is 4.79 Å². The Hall–Kier alpha value is -1.70. The largest absolute Gasteiger partial charge is 0.508 e. The van der Waals surface area contributed by atoms with E-state index < -0.39 is 6.10 Å². The van der Waals surface area contributed by atoms with Crippen LogP contribution in [-0.2, 0) is 4.79 Å².